The maximum atomic E-state index is 9.16. The predicted molar refractivity (Wildman–Crippen MR) is 235 cm³/mol. The maximum Gasteiger partial charge on any atom is 0.0664 e. The first-order chi connectivity index (χ1) is 27.1. The van der Waals surface area contributed by atoms with Crippen molar-refractivity contribution >= 4 is 50.4 Å². The van der Waals surface area contributed by atoms with Crippen molar-refractivity contribution in [1.82, 2.24) is 9.88 Å². The number of para-hydroxylation sites is 1. The summed E-state index contributed by atoms with van der Waals surface area (Å²) in [4.78, 5) is 1.24. The zero-order valence-electron chi connectivity index (χ0n) is 30.8. The van der Waals surface area contributed by atoms with E-state index in [0.717, 1.165) is 58.4 Å². The van der Waals surface area contributed by atoms with E-state index in [9.17, 15) is 0 Å². The van der Waals surface area contributed by atoms with Crippen molar-refractivity contribution < 1.29 is 0 Å². The molecule has 5 aromatic rings. The number of hydrogen-bond acceptors (Lipinski definition) is 3. The SMILES string of the molecule is C=C/C(=C\CC#N)NC/C(=C\C(=C)C1=CC(c2cccc(-c3ccc4c(c3)c3ccccc3n4C3=CCCC=C3)c2)=C=C1)c1cccc2c1S/C=C\C=C/C2. The minimum Gasteiger partial charge on any atom is -0.381 e. The number of hydrogen-bond donors (Lipinski definition) is 1. The van der Waals surface area contributed by atoms with Gasteiger partial charge in [-0.2, -0.15) is 5.26 Å². The zero-order chi connectivity index (χ0) is 37.6. The van der Waals surface area contributed by atoms with Gasteiger partial charge in [-0.05, 0) is 130 Å². The Morgan fingerprint density at radius 2 is 1.76 bits per heavy atom. The topological polar surface area (TPSA) is 40.8 Å². The van der Waals surface area contributed by atoms with Crippen LogP contribution in [-0.2, 0) is 6.42 Å². The Balaban J connectivity index is 1.10. The molecule has 55 heavy (non-hydrogen) atoms. The van der Waals surface area contributed by atoms with Crippen LogP contribution in [0.3, 0.4) is 0 Å². The molecule has 8 rings (SSSR count). The van der Waals surface area contributed by atoms with Gasteiger partial charge in [-0.3, -0.25) is 0 Å². The van der Waals surface area contributed by atoms with E-state index >= 15 is 0 Å². The monoisotopic (exact) mass is 727 g/mol. The lowest BCUT2D eigenvalue weighted by Gasteiger charge is -2.18. The van der Waals surface area contributed by atoms with Gasteiger partial charge in [0.25, 0.3) is 0 Å². The number of fused-ring (bicyclic) bond motifs is 4. The van der Waals surface area contributed by atoms with E-state index < -0.39 is 0 Å². The average Bonchev–Trinajstić information content (AvgIpc) is 3.85. The standard InChI is InChI=1S/C51H41N3S/c1-3-44(19-14-29-52)53-35-43(46-23-13-16-37-15-6-5-11-30-55-51(37)46)31-36(2)38-25-26-41(32-38)39-17-12-18-40(33-39)42-27-28-50-48(34-42)47-22-9-10-24-49(47)54(50)45-20-7-4-8-21-45/h3,5-7,9-13,16-25,27-28,30-34,53H,1-2,4,8,14-15,35H2/b6-5-,30-11-,43-31+,44-19+. The maximum absolute atomic E-state index is 9.16. The summed E-state index contributed by atoms with van der Waals surface area (Å²) in [5.41, 5.74) is 18.1. The van der Waals surface area contributed by atoms with Gasteiger partial charge in [0.2, 0.25) is 0 Å². The Morgan fingerprint density at radius 1 is 0.909 bits per heavy atom. The second kappa shape index (κ2) is 16.3. The number of aromatic nitrogens is 1. The smallest absolute Gasteiger partial charge is 0.0664 e. The first kappa shape index (κ1) is 35.5. The summed E-state index contributed by atoms with van der Waals surface area (Å²) < 4.78 is 2.40. The fourth-order valence-corrected chi connectivity index (χ4v) is 8.41. The molecule has 0 fully saturated rings. The van der Waals surface area contributed by atoms with Crippen LogP contribution in [0.5, 0.6) is 0 Å². The van der Waals surface area contributed by atoms with E-state index in [0.29, 0.717) is 13.0 Å². The number of thioether (sulfide) groups is 1. The van der Waals surface area contributed by atoms with Gasteiger partial charge in [0.1, 0.15) is 0 Å². The number of allylic oxidation sites excluding steroid dienone is 14. The number of nitriles is 1. The lowest BCUT2D eigenvalue weighted by atomic mass is 9.96. The fourth-order valence-electron chi connectivity index (χ4n) is 7.47. The van der Waals surface area contributed by atoms with E-state index in [1.165, 1.54) is 49.1 Å². The fraction of sp³-hybridized carbons (Fsp3) is 0.0980. The average molecular weight is 728 g/mol. The third-order valence-electron chi connectivity index (χ3n) is 10.2. The van der Waals surface area contributed by atoms with Gasteiger partial charge in [-0.25, -0.2) is 0 Å². The van der Waals surface area contributed by atoms with Crippen LogP contribution in [0.15, 0.2) is 198 Å². The van der Waals surface area contributed by atoms with Crippen LogP contribution >= 0.6 is 11.8 Å². The first-order valence-corrected chi connectivity index (χ1v) is 19.6. The third kappa shape index (κ3) is 7.50. The molecule has 2 aliphatic carbocycles. The largest absolute Gasteiger partial charge is 0.381 e. The second-order valence-corrected chi connectivity index (χ2v) is 14.6. The summed E-state index contributed by atoms with van der Waals surface area (Å²) in [6, 6.07) is 33.0. The van der Waals surface area contributed by atoms with Crippen molar-refractivity contribution in [2.75, 3.05) is 6.54 Å². The van der Waals surface area contributed by atoms with Crippen LogP contribution < -0.4 is 5.32 Å². The normalized spacial score (nSPS) is 16.4. The van der Waals surface area contributed by atoms with Crippen LogP contribution in [0.1, 0.15) is 36.0 Å². The molecule has 2 heterocycles. The molecule has 0 amide bonds. The van der Waals surface area contributed by atoms with Crippen molar-refractivity contribution in [3.05, 3.63) is 210 Å². The number of nitrogens with one attached hydrogen (secondary N) is 1. The molecule has 0 bridgehead atoms. The molecule has 0 radical (unpaired) electrons. The molecule has 4 aromatic carbocycles. The third-order valence-corrected chi connectivity index (χ3v) is 11.2. The number of rotatable bonds is 11. The van der Waals surface area contributed by atoms with Gasteiger partial charge >= 0.3 is 0 Å². The van der Waals surface area contributed by atoms with E-state index in [2.05, 4.69) is 174 Å². The Labute approximate surface area is 328 Å². The number of nitrogens with zero attached hydrogens (tertiary/aromatic N) is 2. The highest BCUT2D eigenvalue weighted by atomic mass is 32.2. The lowest BCUT2D eigenvalue weighted by Crippen LogP contribution is -2.15. The van der Waals surface area contributed by atoms with Gasteiger partial charge in [-0.15, -0.1) is 5.73 Å². The molecule has 0 saturated heterocycles. The van der Waals surface area contributed by atoms with Crippen molar-refractivity contribution in [3.63, 3.8) is 0 Å². The van der Waals surface area contributed by atoms with Crippen LogP contribution in [0.4, 0.5) is 0 Å². The highest BCUT2D eigenvalue weighted by molar-refractivity contribution is 8.02. The highest BCUT2D eigenvalue weighted by Crippen LogP contribution is 2.38. The molecular weight excluding hydrogens is 687 g/mol. The van der Waals surface area contributed by atoms with Crippen molar-refractivity contribution in [3.8, 4) is 17.2 Å². The lowest BCUT2D eigenvalue weighted by molar-refractivity contribution is 0.935. The summed E-state index contributed by atoms with van der Waals surface area (Å²) in [5.74, 6) is 0. The van der Waals surface area contributed by atoms with E-state index in [4.69, 9.17) is 5.26 Å². The Hall–Kier alpha value is -6.50. The molecule has 0 saturated carbocycles. The molecule has 0 unspecified atom stereocenters. The minimum absolute atomic E-state index is 0.316. The zero-order valence-corrected chi connectivity index (χ0v) is 31.6. The van der Waals surface area contributed by atoms with Crippen molar-refractivity contribution in [1.29, 1.82) is 5.26 Å². The van der Waals surface area contributed by atoms with Gasteiger partial charge in [0.05, 0.1) is 23.5 Å². The Morgan fingerprint density at radius 3 is 2.64 bits per heavy atom. The summed E-state index contributed by atoms with van der Waals surface area (Å²) >= 11 is 1.74. The molecule has 1 N–H and O–H groups in total. The van der Waals surface area contributed by atoms with Crippen LogP contribution in [-0.4, -0.2) is 11.1 Å². The predicted octanol–water partition coefficient (Wildman–Crippen LogP) is 13.1. The molecule has 3 nitrogen and oxygen atoms in total. The molecule has 4 heteroatoms. The molecule has 1 aromatic heterocycles. The van der Waals surface area contributed by atoms with Crippen LogP contribution in [0.25, 0.3) is 49.8 Å². The van der Waals surface area contributed by atoms with Gasteiger partial charge < -0.3 is 9.88 Å². The molecule has 266 valence electrons. The van der Waals surface area contributed by atoms with Gasteiger partial charge in [-0.1, -0.05) is 116 Å². The first-order valence-electron chi connectivity index (χ1n) is 18.7. The van der Waals surface area contributed by atoms with Crippen LogP contribution in [0.2, 0.25) is 0 Å². The van der Waals surface area contributed by atoms with Crippen molar-refractivity contribution in [2.45, 2.75) is 30.6 Å². The van der Waals surface area contributed by atoms with Gasteiger partial charge in [0.15, 0.2) is 0 Å². The van der Waals surface area contributed by atoms with E-state index in [-0.39, 0.29) is 0 Å². The highest BCUT2D eigenvalue weighted by Gasteiger charge is 2.17. The quantitative estimate of drug-likeness (QED) is 0.109. The molecule has 0 atom stereocenters. The summed E-state index contributed by atoms with van der Waals surface area (Å²) in [6.07, 6.45) is 26.6. The van der Waals surface area contributed by atoms with E-state index in [1.807, 2.05) is 12.2 Å². The molecule has 0 spiro atoms. The molecular formula is C51H41N3S. The van der Waals surface area contributed by atoms with Crippen molar-refractivity contribution in [2.24, 2.45) is 0 Å². The Kier molecular flexibility index (Phi) is 10.5. The number of benzene rings is 4. The van der Waals surface area contributed by atoms with Crippen LogP contribution in [0, 0.1) is 11.3 Å². The second-order valence-electron chi connectivity index (χ2n) is 13.7. The Bertz CT molecular complexity index is 2700. The van der Waals surface area contributed by atoms with Gasteiger partial charge in [0, 0.05) is 39.2 Å². The summed E-state index contributed by atoms with van der Waals surface area (Å²) in [6.45, 7) is 9.06. The molecule has 3 aliphatic rings. The minimum atomic E-state index is 0.316. The summed E-state index contributed by atoms with van der Waals surface area (Å²) in [7, 11) is 0. The summed E-state index contributed by atoms with van der Waals surface area (Å²) in [5, 5.41) is 17.3. The molecule has 1 aliphatic heterocycles. The van der Waals surface area contributed by atoms with E-state index in [1.54, 1.807) is 17.8 Å².